The Morgan fingerprint density at radius 1 is 1.28 bits per heavy atom. The Bertz CT molecular complexity index is 475. The van der Waals surface area contributed by atoms with E-state index in [-0.39, 0.29) is 11.8 Å². The predicted octanol–water partition coefficient (Wildman–Crippen LogP) is 3.24. The zero-order valence-corrected chi connectivity index (χ0v) is 13.3. The van der Waals surface area contributed by atoms with Gasteiger partial charge in [-0.25, -0.2) is 0 Å². The summed E-state index contributed by atoms with van der Waals surface area (Å²) in [4.78, 5) is 11.2. The van der Waals surface area contributed by atoms with Crippen molar-refractivity contribution in [3.8, 4) is 5.75 Å². The van der Waals surface area contributed by atoms with Crippen LogP contribution < -0.4 is 10.1 Å². The van der Waals surface area contributed by atoms with Crippen LogP contribution in [0.25, 0.3) is 0 Å². The summed E-state index contributed by atoms with van der Waals surface area (Å²) in [6.45, 7) is 6.46. The van der Waals surface area contributed by atoms with E-state index in [0.717, 1.165) is 32.5 Å². The first-order valence-electron chi connectivity index (χ1n) is 5.58. The summed E-state index contributed by atoms with van der Waals surface area (Å²) in [5.74, 6) is 0.600. The molecule has 0 spiro atoms. The number of amides is 1. The van der Waals surface area contributed by atoms with E-state index in [9.17, 15) is 4.79 Å². The average Bonchev–Trinajstić information content (AvgIpc) is 2.38. The Balaban J connectivity index is 3.20. The maximum absolute atomic E-state index is 11.2. The fourth-order valence-electron chi connectivity index (χ4n) is 1.87. The van der Waals surface area contributed by atoms with Gasteiger partial charge in [0.25, 0.3) is 0 Å². The number of methoxy groups -OCH3 is 1. The maximum atomic E-state index is 11.2. The van der Waals surface area contributed by atoms with Gasteiger partial charge in [-0.3, -0.25) is 4.79 Å². The van der Waals surface area contributed by atoms with E-state index < -0.39 is 0 Å². The van der Waals surface area contributed by atoms with E-state index in [4.69, 9.17) is 16.3 Å². The van der Waals surface area contributed by atoms with Gasteiger partial charge < -0.3 is 10.1 Å². The molecule has 0 atom stereocenters. The van der Waals surface area contributed by atoms with Crippen LogP contribution in [-0.4, -0.2) is 18.9 Å². The van der Waals surface area contributed by atoms with E-state index in [1.807, 2.05) is 20.8 Å². The fourth-order valence-corrected chi connectivity index (χ4v) is 2.50. The molecule has 0 radical (unpaired) electrons. The van der Waals surface area contributed by atoms with Crippen LogP contribution in [0.4, 0.5) is 0 Å². The van der Waals surface area contributed by atoms with Crippen LogP contribution in [0.2, 0.25) is 0 Å². The number of ether oxygens (including phenoxy) is 1. The summed E-state index contributed by atoms with van der Waals surface area (Å²) < 4.78 is 6.51. The van der Waals surface area contributed by atoms with Gasteiger partial charge in [0.1, 0.15) is 11.6 Å². The quantitative estimate of drug-likeness (QED) is 0.859. The van der Waals surface area contributed by atoms with Crippen molar-refractivity contribution in [2.24, 2.45) is 0 Å². The molecule has 5 heteroatoms. The number of carbonyl (C=O) groups is 1. The van der Waals surface area contributed by atoms with E-state index >= 15 is 0 Å². The Hall–Kier alpha value is -0.740. The number of benzene rings is 1. The lowest BCUT2D eigenvalue weighted by Crippen LogP contribution is -2.24. The highest BCUT2D eigenvalue weighted by Crippen LogP contribution is 2.35. The molecule has 1 aromatic carbocycles. The second-order valence-corrected chi connectivity index (χ2v) is 5.17. The largest absolute Gasteiger partial charge is 0.496 e. The lowest BCUT2D eigenvalue weighted by molar-refractivity contribution is -0.118. The first kappa shape index (κ1) is 15.3. The second-order valence-electron chi connectivity index (χ2n) is 4.11. The summed E-state index contributed by atoms with van der Waals surface area (Å²) in [6, 6.07) is 0. The summed E-state index contributed by atoms with van der Waals surface area (Å²) >= 11 is 9.04. The number of halogens is 2. The summed E-state index contributed by atoms with van der Waals surface area (Å²) in [5, 5.41) is 2.77. The van der Waals surface area contributed by atoms with Crippen molar-refractivity contribution in [2.75, 3.05) is 13.0 Å². The van der Waals surface area contributed by atoms with E-state index in [2.05, 4.69) is 21.2 Å². The zero-order chi connectivity index (χ0) is 13.9. The molecule has 1 aromatic rings. The topological polar surface area (TPSA) is 38.3 Å². The van der Waals surface area contributed by atoms with E-state index in [1.54, 1.807) is 7.11 Å². The molecule has 0 aromatic heterocycles. The number of nitrogens with one attached hydrogen (secondary N) is 1. The van der Waals surface area contributed by atoms with Gasteiger partial charge in [0.2, 0.25) is 5.91 Å². The highest BCUT2D eigenvalue weighted by Gasteiger charge is 2.16. The first-order valence-corrected chi connectivity index (χ1v) is 6.91. The molecular weight excluding hydrogens is 318 g/mol. The van der Waals surface area contributed by atoms with Crippen molar-refractivity contribution in [1.82, 2.24) is 5.32 Å². The van der Waals surface area contributed by atoms with Gasteiger partial charge in [-0.2, -0.15) is 0 Å². The second kappa shape index (κ2) is 6.43. The van der Waals surface area contributed by atoms with Crippen LogP contribution >= 0.6 is 27.5 Å². The fraction of sp³-hybridized carbons (Fsp3) is 0.462. The van der Waals surface area contributed by atoms with Crippen LogP contribution in [0.5, 0.6) is 5.75 Å². The molecule has 1 amide bonds. The predicted molar refractivity (Wildman–Crippen MR) is 77.5 cm³/mol. The molecule has 0 heterocycles. The van der Waals surface area contributed by atoms with E-state index in [1.165, 1.54) is 0 Å². The summed E-state index contributed by atoms with van der Waals surface area (Å²) in [5.41, 5.74) is 4.28. The van der Waals surface area contributed by atoms with Gasteiger partial charge in [0, 0.05) is 16.6 Å². The van der Waals surface area contributed by atoms with Gasteiger partial charge >= 0.3 is 0 Å². The molecule has 100 valence electrons. The van der Waals surface area contributed by atoms with Crippen LogP contribution in [0.15, 0.2) is 4.47 Å². The maximum Gasteiger partial charge on any atom is 0.235 e. The Labute approximate surface area is 121 Å². The van der Waals surface area contributed by atoms with Crippen LogP contribution in [-0.2, 0) is 11.3 Å². The molecule has 0 aliphatic heterocycles. The van der Waals surface area contributed by atoms with Gasteiger partial charge in [-0.05, 0) is 37.5 Å². The smallest absolute Gasteiger partial charge is 0.235 e. The van der Waals surface area contributed by atoms with Gasteiger partial charge in [0.05, 0.1) is 7.11 Å². The first-order chi connectivity index (χ1) is 8.43. The van der Waals surface area contributed by atoms with Gasteiger partial charge in [0.15, 0.2) is 0 Å². The summed E-state index contributed by atoms with van der Waals surface area (Å²) in [7, 11) is 1.64. The van der Waals surface area contributed by atoms with Crippen molar-refractivity contribution < 1.29 is 9.53 Å². The van der Waals surface area contributed by atoms with Crippen molar-refractivity contribution in [1.29, 1.82) is 0 Å². The van der Waals surface area contributed by atoms with Crippen LogP contribution in [0.3, 0.4) is 0 Å². The standard InChI is InChI=1S/C13H17BrClNO2/c1-7-8(2)13(18-4)10(9(3)12(7)14)6-16-11(17)5-15/h5-6H2,1-4H3,(H,16,17). The number of rotatable bonds is 4. The minimum absolute atomic E-state index is 0.0343. The third kappa shape index (κ3) is 2.98. The number of hydrogen-bond donors (Lipinski definition) is 1. The molecule has 0 aliphatic carbocycles. The minimum Gasteiger partial charge on any atom is -0.496 e. The van der Waals surface area contributed by atoms with Gasteiger partial charge in [-0.15, -0.1) is 11.6 Å². The molecule has 0 saturated carbocycles. The molecule has 0 unspecified atom stereocenters. The molecule has 0 fully saturated rings. The SMILES string of the molecule is COc1c(C)c(C)c(Br)c(C)c1CNC(=O)CCl. The third-order valence-electron chi connectivity index (χ3n) is 3.08. The van der Waals surface area contributed by atoms with Crippen molar-refractivity contribution >= 4 is 33.4 Å². The highest BCUT2D eigenvalue weighted by atomic mass is 79.9. The van der Waals surface area contributed by atoms with Crippen molar-refractivity contribution in [2.45, 2.75) is 27.3 Å². The van der Waals surface area contributed by atoms with E-state index in [0.29, 0.717) is 6.54 Å². The molecule has 0 saturated heterocycles. The van der Waals surface area contributed by atoms with Crippen molar-refractivity contribution in [3.05, 3.63) is 26.7 Å². The zero-order valence-electron chi connectivity index (χ0n) is 11.0. The monoisotopic (exact) mass is 333 g/mol. The van der Waals surface area contributed by atoms with Gasteiger partial charge in [-0.1, -0.05) is 15.9 Å². The third-order valence-corrected chi connectivity index (χ3v) is 4.51. The molecule has 1 rings (SSSR count). The molecule has 3 nitrogen and oxygen atoms in total. The average molecular weight is 335 g/mol. The van der Waals surface area contributed by atoms with Crippen molar-refractivity contribution in [3.63, 3.8) is 0 Å². The minimum atomic E-state index is -0.188. The number of carbonyl (C=O) groups excluding carboxylic acids is 1. The Morgan fingerprint density at radius 3 is 2.39 bits per heavy atom. The highest BCUT2D eigenvalue weighted by molar-refractivity contribution is 9.10. The lowest BCUT2D eigenvalue weighted by Gasteiger charge is -2.19. The molecule has 0 bridgehead atoms. The Morgan fingerprint density at radius 2 is 1.89 bits per heavy atom. The number of hydrogen-bond acceptors (Lipinski definition) is 2. The summed E-state index contributed by atoms with van der Waals surface area (Å²) in [6.07, 6.45) is 0. The molecule has 0 aliphatic rings. The normalized spacial score (nSPS) is 10.3. The van der Waals surface area contributed by atoms with Crippen LogP contribution in [0, 0.1) is 20.8 Å². The molecule has 18 heavy (non-hydrogen) atoms. The molecular formula is C13H17BrClNO2. The molecule has 1 N–H and O–H groups in total. The lowest BCUT2D eigenvalue weighted by atomic mass is 9.99. The van der Waals surface area contributed by atoms with Crippen LogP contribution in [0.1, 0.15) is 22.3 Å². The Kier molecular flexibility index (Phi) is 5.47. The number of alkyl halides is 1.